The third-order valence-corrected chi connectivity index (χ3v) is 3.93. The molecule has 0 aliphatic carbocycles. The van der Waals surface area contributed by atoms with Gasteiger partial charge < -0.3 is 4.90 Å². The molecule has 1 amide bonds. The van der Waals surface area contributed by atoms with Crippen molar-refractivity contribution in [3.8, 4) is 0 Å². The Morgan fingerprint density at radius 2 is 1.62 bits per heavy atom. The molecule has 112 valence electrons. The Bertz CT molecular complexity index is 522. The van der Waals surface area contributed by atoms with E-state index in [2.05, 4.69) is 0 Å². The highest BCUT2D eigenvalue weighted by molar-refractivity contribution is 8.00. The lowest BCUT2D eigenvalue weighted by Crippen LogP contribution is -2.18. The quantitative estimate of drug-likeness (QED) is 0.304. The van der Waals surface area contributed by atoms with Crippen molar-refractivity contribution >= 4 is 58.7 Å². The van der Waals surface area contributed by atoms with Gasteiger partial charge in [-0.2, -0.15) is 0 Å². The molecule has 0 spiro atoms. The average molecular weight is 363 g/mol. The molecule has 0 fully saturated rings. The van der Waals surface area contributed by atoms with Crippen molar-refractivity contribution in [2.24, 2.45) is 0 Å². The number of anilines is 1. The van der Waals surface area contributed by atoms with E-state index >= 15 is 0 Å². The van der Waals surface area contributed by atoms with Gasteiger partial charge in [0.15, 0.2) is 0 Å². The lowest BCUT2D eigenvalue weighted by molar-refractivity contribution is -0.107. The second kappa shape index (κ2) is 10.8. The maximum absolute atomic E-state index is 10.4. The van der Waals surface area contributed by atoms with Crippen molar-refractivity contribution in [3.63, 3.8) is 0 Å². The van der Waals surface area contributed by atoms with Crippen LogP contribution in [0.2, 0.25) is 5.02 Å². The predicted octanol–water partition coefficient (Wildman–Crippen LogP) is 5.47. The van der Waals surface area contributed by atoms with Crippen molar-refractivity contribution in [1.29, 1.82) is 0 Å². The number of halogens is 3. The fourth-order valence-electron chi connectivity index (χ4n) is 1.37. The second-order valence-electron chi connectivity index (χ2n) is 3.74. The van der Waals surface area contributed by atoms with Crippen molar-refractivity contribution < 1.29 is 4.79 Å². The van der Waals surface area contributed by atoms with Gasteiger partial charge in [-0.15, -0.1) is 35.0 Å². The van der Waals surface area contributed by atoms with Gasteiger partial charge in [-0.3, -0.25) is 4.79 Å². The van der Waals surface area contributed by atoms with Crippen LogP contribution in [0.1, 0.15) is 0 Å². The molecule has 21 heavy (non-hydrogen) atoms. The van der Waals surface area contributed by atoms with E-state index in [1.807, 2.05) is 54.6 Å². The Balaban J connectivity index is 0.000000211. The summed E-state index contributed by atoms with van der Waals surface area (Å²) in [6.07, 6.45) is 0.711. The minimum absolute atomic E-state index is 0.188. The first-order valence-electron chi connectivity index (χ1n) is 5.98. The third kappa shape index (κ3) is 7.09. The van der Waals surface area contributed by atoms with E-state index in [0.29, 0.717) is 11.6 Å². The van der Waals surface area contributed by atoms with Gasteiger partial charge in [-0.1, -0.05) is 29.8 Å². The first kappa shape index (κ1) is 18.2. The van der Waals surface area contributed by atoms with E-state index in [1.165, 1.54) is 4.90 Å². The van der Waals surface area contributed by atoms with Gasteiger partial charge >= 0.3 is 0 Å². The number of hydrogen-bond acceptors (Lipinski definition) is 2. The Labute approximate surface area is 144 Å². The standard InChI is InChI=1S/C8H8ClNO.C7H6Cl2S/c9-6-10(7-11)8-4-2-1-3-5-8;8-5-10-7-3-1-6(9)2-4-7/h1-5,7H,6H2;1-4H,5H2. The summed E-state index contributed by atoms with van der Waals surface area (Å²) >= 11 is 18.3. The van der Waals surface area contributed by atoms with Gasteiger partial charge in [0, 0.05) is 15.6 Å². The molecule has 2 aromatic carbocycles. The Hall–Kier alpha value is -0.870. The summed E-state index contributed by atoms with van der Waals surface area (Å²) in [4.78, 5) is 12.9. The number of hydrogen-bond donors (Lipinski definition) is 0. The van der Waals surface area contributed by atoms with Crippen LogP contribution in [-0.4, -0.2) is 17.6 Å². The first-order valence-corrected chi connectivity index (χ1v) is 8.41. The van der Waals surface area contributed by atoms with Gasteiger partial charge in [-0.25, -0.2) is 0 Å². The number of benzene rings is 2. The number of nitrogens with zero attached hydrogens (tertiary/aromatic N) is 1. The predicted molar refractivity (Wildman–Crippen MR) is 93.7 cm³/mol. The van der Waals surface area contributed by atoms with Crippen molar-refractivity contribution in [2.45, 2.75) is 4.90 Å². The summed E-state index contributed by atoms with van der Waals surface area (Å²) in [5.74, 6) is 0. The molecule has 0 aliphatic heterocycles. The first-order chi connectivity index (χ1) is 10.2. The van der Waals surface area contributed by atoms with Crippen LogP contribution in [0.15, 0.2) is 59.5 Å². The topological polar surface area (TPSA) is 20.3 Å². The monoisotopic (exact) mass is 361 g/mol. The van der Waals surface area contributed by atoms with Crippen LogP contribution in [0.25, 0.3) is 0 Å². The lowest BCUT2D eigenvalue weighted by Gasteiger charge is -2.12. The minimum atomic E-state index is 0.188. The highest BCUT2D eigenvalue weighted by Crippen LogP contribution is 2.20. The molecular weight excluding hydrogens is 349 g/mol. The number of carbonyl (C=O) groups excluding carboxylic acids is 1. The molecule has 2 aromatic rings. The Morgan fingerprint density at radius 1 is 1.00 bits per heavy atom. The van der Waals surface area contributed by atoms with Crippen LogP contribution in [0.4, 0.5) is 5.69 Å². The van der Waals surface area contributed by atoms with Gasteiger partial charge in [-0.05, 0) is 36.4 Å². The summed E-state index contributed by atoms with van der Waals surface area (Å²) in [7, 11) is 0. The third-order valence-electron chi connectivity index (χ3n) is 2.38. The molecule has 0 N–H and O–H groups in total. The number of para-hydroxylation sites is 1. The zero-order chi connectivity index (χ0) is 15.5. The molecule has 0 aliphatic rings. The molecule has 6 heteroatoms. The van der Waals surface area contributed by atoms with E-state index in [0.717, 1.165) is 15.6 Å². The number of alkyl halides is 2. The summed E-state index contributed by atoms with van der Waals surface area (Å²) in [5.41, 5.74) is 0.817. The van der Waals surface area contributed by atoms with Crippen LogP contribution in [0.5, 0.6) is 0 Å². The van der Waals surface area contributed by atoms with Crippen molar-refractivity contribution in [3.05, 3.63) is 59.6 Å². The van der Waals surface area contributed by atoms with E-state index in [9.17, 15) is 4.79 Å². The largest absolute Gasteiger partial charge is 0.301 e. The second-order valence-corrected chi connectivity index (χ2v) is 6.05. The van der Waals surface area contributed by atoms with Crippen LogP contribution >= 0.6 is 46.6 Å². The molecule has 0 bridgehead atoms. The molecule has 0 unspecified atom stereocenters. The normalized spacial score (nSPS) is 9.48. The summed E-state index contributed by atoms with van der Waals surface area (Å²) in [6, 6.07) is 17.1. The maximum Gasteiger partial charge on any atom is 0.215 e. The van der Waals surface area contributed by atoms with Gasteiger partial charge in [0.05, 0.1) is 5.21 Å². The van der Waals surface area contributed by atoms with Crippen LogP contribution in [-0.2, 0) is 4.79 Å². The van der Waals surface area contributed by atoms with Gasteiger partial charge in [0.25, 0.3) is 0 Å². The zero-order valence-electron chi connectivity index (χ0n) is 11.1. The number of rotatable bonds is 5. The van der Waals surface area contributed by atoms with E-state index < -0.39 is 0 Å². The number of thioether (sulfide) groups is 1. The number of amides is 1. The maximum atomic E-state index is 10.4. The van der Waals surface area contributed by atoms with Gasteiger partial charge in [0.2, 0.25) is 6.41 Å². The number of carbonyl (C=O) groups is 1. The SMILES string of the molecule is ClCSc1ccc(Cl)cc1.O=CN(CCl)c1ccccc1. The lowest BCUT2D eigenvalue weighted by atomic mass is 10.3. The highest BCUT2D eigenvalue weighted by Gasteiger charge is 1.99. The molecule has 2 nitrogen and oxygen atoms in total. The van der Waals surface area contributed by atoms with Crippen LogP contribution in [0.3, 0.4) is 0 Å². The van der Waals surface area contributed by atoms with E-state index in [1.54, 1.807) is 11.8 Å². The highest BCUT2D eigenvalue weighted by atomic mass is 35.5. The molecule has 2 rings (SSSR count). The summed E-state index contributed by atoms with van der Waals surface area (Å²) in [6.45, 7) is 0. The summed E-state index contributed by atoms with van der Waals surface area (Å²) in [5, 5.41) is 1.35. The van der Waals surface area contributed by atoms with Gasteiger partial charge in [0.1, 0.15) is 6.00 Å². The minimum Gasteiger partial charge on any atom is -0.301 e. The molecule has 0 aromatic heterocycles. The van der Waals surface area contributed by atoms with Crippen molar-refractivity contribution in [1.82, 2.24) is 0 Å². The Kier molecular flexibility index (Phi) is 9.35. The zero-order valence-corrected chi connectivity index (χ0v) is 14.2. The molecule has 0 atom stereocenters. The molecule has 0 radical (unpaired) electrons. The average Bonchev–Trinajstić information content (AvgIpc) is 2.53. The van der Waals surface area contributed by atoms with Crippen molar-refractivity contribution in [2.75, 3.05) is 16.1 Å². The van der Waals surface area contributed by atoms with Crippen LogP contribution in [0, 0.1) is 0 Å². The van der Waals surface area contributed by atoms with E-state index in [-0.39, 0.29) is 6.00 Å². The fraction of sp³-hybridized carbons (Fsp3) is 0.133. The summed E-state index contributed by atoms with van der Waals surface area (Å²) < 4.78 is 0. The smallest absolute Gasteiger partial charge is 0.215 e. The fourth-order valence-corrected chi connectivity index (χ4v) is 2.52. The van der Waals surface area contributed by atoms with E-state index in [4.69, 9.17) is 34.8 Å². The molecule has 0 heterocycles. The molecular formula is C15H14Cl3NOS. The molecule has 0 saturated carbocycles. The van der Waals surface area contributed by atoms with Crippen LogP contribution < -0.4 is 4.90 Å². The Morgan fingerprint density at radius 3 is 2.10 bits per heavy atom. The molecule has 0 saturated heterocycles.